The van der Waals surface area contributed by atoms with Crippen LogP contribution in [0.2, 0.25) is 0 Å². The highest BCUT2D eigenvalue weighted by atomic mass is 19.1. The van der Waals surface area contributed by atoms with Gasteiger partial charge in [0.05, 0.1) is 6.54 Å². The second kappa shape index (κ2) is 8.25. The van der Waals surface area contributed by atoms with Crippen LogP contribution in [-0.2, 0) is 11.3 Å². The first-order chi connectivity index (χ1) is 10.5. The van der Waals surface area contributed by atoms with Crippen molar-refractivity contribution < 1.29 is 9.18 Å². The molecule has 0 atom stereocenters. The van der Waals surface area contributed by atoms with E-state index in [1.165, 1.54) is 12.1 Å². The lowest BCUT2D eigenvalue weighted by molar-refractivity contribution is -0.122. The van der Waals surface area contributed by atoms with E-state index in [0.29, 0.717) is 6.54 Å². The smallest absolute Gasteiger partial charge is 0.234 e. The van der Waals surface area contributed by atoms with Crippen molar-refractivity contribution >= 4 is 5.91 Å². The van der Waals surface area contributed by atoms with Crippen molar-refractivity contribution in [3.05, 3.63) is 35.6 Å². The first-order valence-corrected chi connectivity index (χ1v) is 8.01. The molecular formula is C17H26FN3O. The van der Waals surface area contributed by atoms with Gasteiger partial charge in [-0.3, -0.25) is 14.6 Å². The molecule has 1 aliphatic heterocycles. The van der Waals surface area contributed by atoms with Gasteiger partial charge in [-0.1, -0.05) is 12.1 Å². The molecular weight excluding hydrogens is 281 g/mol. The molecule has 4 nitrogen and oxygen atoms in total. The number of carbonyl (C=O) groups excluding carboxylic acids is 1. The fourth-order valence-corrected chi connectivity index (χ4v) is 2.76. The van der Waals surface area contributed by atoms with E-state index >= 15 is 0 Å². The van der Waals surface area contributed by atoms with E-state index in [1.807, 2.05) is 26.0 Å². The van der Waals surface area contributed by atoms with E-state index in [2.05, 4.69) is 15.1 Å². The van der Waals surface area contributed by atoms with Crippen LogP contribution in [0.5, 0.6) is 0 Å². The molecule has 1 amide bonds. The van der Waals surface area contributed by atoms with Crippen LogP contribution in [0.25, 0.3) is 0 Å². The molecule has 1 aromatic carbocycles. The SMILES string of the molecule is CC(C)NC(=O)CN1CCCN(Cc2ccc(F)cc2)CC1. The molecule has 5 heteroatoms. The van der Waals surface area contributed by atoms with Gasteiger partial charge in [0, 0.05) is 25.7 Å². The summed E-state index contributed by atoms with van der Waals surface area (Å²) in [6.45, 7) is 9.06. The summed E-state index contributed by atoms with van der Waals surface area (Å²) >= 11 is 0. The van der Waals surface area contributed by atoms with Crippen molar-refractivity contribution in [2.24, 2.45) is 0 Å². The zero-order chi connectivity index (χ0) is 15.9. The summed E-state index contributed by atoms with van der Waals surface area (Å²) in [5, 5.41) is 2.94. The van der Waals surface area contributed by atoms with E-state index in [1.54, 1.807) is 0 Å². The molecule has 1 aromatic rings. The Morgan fingerprint density at radius 2 is 1.77 bits per heavy atom. The molecule has 0 saturated carbocycles. The van der Waals surface area contributed by atoms with Crippen molar-refractivity contribution in [2.75, 3.05) is 32.7 Å². The lowest BCUT2D eigenvalue weighted by atomic mass is 10.2. The third kappa shape index (κ3) is 5.73. The van der Waals surface area contributed by atoms with Gasteiger partial charge in [0.1, 0.15) is 5.82 Å². The highest BCUT2D eigenvalue weighted by Crippen LogP contribution is 2.10. The normalized spacial score (nSPS) is 17.5. The van der Waals surface area contributed by atoms with Crippen molar-refractivity contribution in [1.29, 1.82) is 0 Å². The first kappa shape index (κ1) is 16.9. The van der Waals surface area contributed by atoms with E-state index in [4.69, 9.17) is 0 Å². The fourth-order valence-electron chi connectivity index (χ4n) is 2.76. The topological polar surface area (TPSA) is 35.6 Å². The highest BCUT2D eigenvalue weighted by Gasteiger charge is 2.17. The monoisotopic (exact) mass is 307 g/mol. The van der Waals surface area contributed by atoms with Gasteiger partial charge >= 0.3 is 0 Å². The van der Waals surface area contributed by atoms with Crippen molar-refractivity contribution in [1.82, 2.24) is 15.1 Å². The maximum atomic E-state index is 12.9. The second-order valence-corrected chi connectivity index (χ2v) is 6.25. The van der Waals surface area contributed by atoms with Crippen LogP contribution in [0.1, 0.15) is 25.8 Å². The number of nitrogens with zero attached hydrogens (tertiary/aromatic N) is 2. The van der Waals surface area contributed by atoms with Crippen LogP contribution in [0.4, 0.5) is 4.39 Å². The number of carbonyl (C=O) groups is 1. The van der Waals surface area contributed by atoms with Gasteiger partial charge in [-0.15, -0.1) is 0 Å². The summed E-state index contributed by atoms with van der Waals surface area (Å²) in [5.74, 6) is -0.0936. The summed E-state index contributed by atoms with van der Waals surface area (Å²) < 4.78 is 12.9. The van der Waals surface area contributed by atoms with Crippen molar-refractivity contribution in [3.8, 4) is 0 Å². The molecule has 122 valence electrons. The maximum Gasteiger partial charge on any atom is 0.234 e. The van der Waals surface area contributed by atoms with Crippen molar-refractivity contribution in [2.45, 2.75) is 32.9 Å². The van der Waals surface area contributed by atoms with Gasteiger partial charge in [0.15, 0.2) is 0 Å². The fraction of sp³-hybridized carbons (Fsp3) is 0.588. The number of hydrogen-bond donors (Lipinski definition) is 1. The molecule has 1 aliphatic rings. The minimum absolute atomic E-state index is 0.0991. The van der Waals surface area contributed by atoms with Crippen LogP contribution in [0.15, 0.2) is 24.3 Å². The van der Waals surface area contributed by atoms with Gasteiger partial charge in [-0.25, -0.2) is 4.39 Å². The lowest BCUT2D eigenvalue weighted by Crippen LogP contribution is -2.41. The van der Waals surface area contributed by atoms with Crippen LogP contribution < -0.4 is 5.32 Å². The van der Waals surface area contributed by atoms with Crippen molar-refractivity contribution in [3.63, 3.8) is 0 Å². The lowest BCUT2D eigenvalue weighted by Gasteiger charge is -2.22. The van der Waals surface area contributed by atoms with E-state index < -0.39 is 0 Å². The Balaban J connectivity index is 1.79. The quantitative estimate of drug-likeness (QED) is 0.902. The zero-order valence-electron chi connectivity index (χ0n) is 13.5. The summed E-state index contributed by atoms with van der Waals surface area (Å²) in [6, 6.07) is 6.89. The minimum Gasteiger partial charge on any atom is -0.353 e. The molecule has 0 aliphatic carbocycles. The third-order valence-corrected chi connectivity index (χ3v) is 3.82. The number of nitrogens with one attached hydrogen (secondary N) is 1. The van der Waals surface area contributed by atoms with Gasteiger partial charge < -0.3 is 5.32 Å². The van der Waals surface area contributed by atoms with Gasteiger partial charge in [0.25, 0.3) is 0 Å². The molecule has 0 unspecified atom stereocenters. The first-order valence-electron chi connectivity index (χ1n) is 8.01. The van der Waals surface area contributed by atoms with E-state index in [0.717, 1.165) is 44.7 Å². The van der Waals surface area contributed by atoms with Crippen LogP contribution in [-0.4, -0.2) is 54.5 Å². The van der Waals surface area contributed by atoms with E-state index in [9.17, 15) is 9.18 Å². The van der Waals surface area contributed by atoms with Gasteiger partial charge in [0.2, 0.25) is 5.91 Å². The molecule has 22 heavy (non-hydrogen) atoms. The Hall–Kier alpha value is -1.46. The molecule has 1 heterocycles. The Labute approximate surface area is 132 Å². The number of benzene rings is 1. The average Bonchev–Trinajstić information content (AvgIpc) is 2.66. The maximum absolute atomic E-state index is 12.9. The number of rotatable bonds is 5. The molecule has 0 radical (unpaired) electrons. The summed E-state index contributed by atoms with van der Waals surface area (Å²) in [7, 11) is 0. The molecule has 0 aromatic heterocycles. The zero-order valence-corrected chi connectivity index (χ0v) is 13.5. The average molecular weight is 307 g/mol. The molecule has 1 fully saturated rings. The Kier molecular flexibility index (Phi) is 6.34. The summed E-state index contributed by atoms with van der Waals surface area (Å²) in [6.07, 6.45) is 1.05. The second-order valence-electron chi connectivity index (χ2n) is 6.25. The summed E-state index contributed by atoms with van der Waals surface area (Å²) in [4.78, 5) is 16.4. The standard InChI is InChI=1S/C17H26FN3O/c1-14(2)19-17(22)13-21-9-3-8-20(10-11-21)12-15-4-6-16(18)7-5-15/h4-7,14H,3,8-13H2,1-2H3,(H,19,22). The molecule has 2 rings (SSSR count). The number of halogens is 1. The minimum atomic E-state index is -0.193. The Morgan fingerprint density at radius 3 is 2.45 bits per heavy atom. The molecule has 1 saturated heterocycles. The Bertz CT molecular complexity index is 475. The molecule has 0 bridgehead atoms. The summed E-state index contributed by atoms with van der Waals surface area (Å²) in [5.41, 5.74) is 1.13. The number of amides is 1. The number of hydrogen-bond acceptors (Lipinski definition) is 3. The largest absolute Gasteiger partial charge is 0.353 e. The van der Waals surface area contributed by atoms with Gasteiger partial charge in [-0.05, 0) is 51.1 Å². The molecule has 0 spiro atoms. The van der Waals surface area contributed by atoms with Crippen LogP contribution in [0.3, 0.4) is 0 Å². The molecule has 1 N–H and O–H groups in total. The van der Waals surface area contributed by atoms with Gasteiger partial charge in [-0.2, -0.15) is 0 Å². The van der Waals surface area contributed by atoms with Crippen LogP contribution in [0, 0.1) is 5.82 Å². The van der Waals surface area contributed by atoms with E-state index in [-0.39, 0.29) is 17.8 Å². The predicted octanol–water partition coefficient (Wildman–Crippen LogP) is 1.86. The van der Waals surface area contributed by atoms with Crippen LogP contribution >= 0.6 is 0 Å². The predicted molar refractivity (Wildman–Crippen MR) is 86.0 cm³/mol. The Morgan fingerprint density at radius 1 is 1.14 bits per heavy atom. The third-order valence-electron chi connectivity index (χ3n) is 3.82. The highest BCUT2D eigenvalue weighted by molar-refractivity contribution is 5.78.